The molecule has 0 N–H and O–H groups in total. The van der Waals surface area contributed by atoms with E-state index in [9.17, 15) is 14.9 Å². The van der Waals surface area contributed by atoms with Gasteiger partial charge < -0.3 is 14.4 Å². The molecule has 0 spiro atoms. The number of amides is 1. The van der Waals surface area contributed by atoms with Gasteiger partial charge in [-0.1, -0.05) is 23.7 Å². The predicted molar refractivity (Wildman–Crippen MR) is 110 cm³/mol. The lowest BCUT2D eigenvalue weighted by Gasteiger charge is -2.24. The number of rotatable bonds is 5. The fraction of sp³-hybridized carbons (Fsp3) is 0.286. The van der Waals surface area contributed by atoms with Gasteiger partial charge in [-0.15, -0.1) is 0 Å². The quantitative estimate of drug-likeness (QED) is 0.402. The van der Waals surface area contributed by atoms with Crippen molar-refractivity contribution < 1.29 is 19.2 Å². The molecule has 1 amide bonds. The van der Waals surface area contributed by atoms with Crippen LogP contribution in [-0.4, -0.2) is 36.0 Å². The van der Waals surface area contributed by atoms with Crippen molar-refractivity contribution in [3.05, 3.63) is 68.7 Å². The van der Waals surface area contributed by atoms with Gasteiger partial charge in [0.1, 0.15) is 0 Å². The van der Waals surface area contributed by atoms with Crippen LogP contribution in [0.5, 0.6) is 11.5 Å². The number of fused-ring (bicyclic) bond motifs is 1. The monoisotopic (exact) mass is 416 g/mol. The summed E-state index contributed by atoms with van der Waals surface area (Å²) in [7, 11) is 1.65. The highest BCUT2D eigenvalue weighted by Gasteiger charge is 2.18. The zero-order valence-corrected chi connectivity index (χ0v) is 16.9. The Kier molecular flexibility index (Phi) is 6.39. The fourth-order valence-electron chi connectivity index (χ4n) is 2.94. The van der Waals surface area contributed by atoms with Crippen LogP contribution in [0.1, 0.15) is 30.5 Å². The molecule has 29 heavy (non-hydrogen) atoms. The topological polar surface area (TPSA) is 81.9 Å². The Hall–Kier alpha value is -3.06. The van der Waals surface area contributed by atoms with Crippen molar-refractivity contribution >= 4 is 29.3 Å². The summed E-state index contributed by atoms with van der Waals surface area (Å²) >= 11 is 6.28. The smallest absolute Gasteiger partial charge is 0.269 e. The molecule has 2 aromatic rings. The highest BCUT2D eigenvalue weighted by Crippen LogP contribution is 2.38. The minimum absolute atomic E-state index is 0.00687. The Labute approximate surface area is 173 Å². The molecule has 7 nitrogen and oxygen atoms in total. The minimum Gasteiger partial charge on any atom is -0.489 e. The van der Waals surface area contributed by atoms with Gasteiger partial charge in [0, 0.05) is 31.7 Å². The van der Waals surface area contributed by atoms with Crippen LogP contribution >= 0.6 is 11.6 Å². The minimum atomic E-state index is -0.453. The molecule has 0 radical (unpaired) electrons. The van der Waals surface area contributed by atoms with Gasteiger partial charge in [0.2, 0.25) is 5.91 Å². The molecule has 1 heterocycles. The van der Waals surface area contributed by atoms with Crippen LogP contribution < -0.4 is 9.47 Å². The van der Waals surface area contributed by atoms with E-state index in [0.29, 0.717) is 40.9 Å². The molecule has 1 aliphatic heterocycles. The maximum Gasteiger partial charge on any atom is 0.269 e. The SMILES string of the molecule is C[C@H](c1cccc([N+](=O)[O-])c1)N(C)C(=O)/C=C/c1cc(Cl)c2c(c1)OCCCO2. The van der Waals surface area contributed by atoms with Crippen LogP contribution in [0.4, 0.5) is 5.69 Å². The highest BCUT2D eigenvalue weighted by atomic mass is 35.5. The van der Waals surface area contributed by atoms with Crippen LogP contribution in [0.2, 0.25) is 5.02 Å². The zero-order chi connectivity index (χ0) is 21.0. The number of ether oxygens (including phenoxy) is 2. The number of nitro benzene ring substituents is 1. The van der Waals surface area contributed by atoms with E-state index in [1.54, 1.807) is 37.4 Å². The second kappa shape index (κ2) is 8.96. The van der Waals surface area contributed by atoms with Crippen molar-refractivity contribution in [2.75, 3.05) is 20.3 Å². The van der Waals surface area contributed by atoms with Gasteiger partial charge in [-0.25, -0.2) is 0 Å². The van der Waals surface area contributed by atoms with Crippen LogP contribution in [0.3, 0.4) is 0 Å². The van der Waals surface area contributed by atoms with Crippen molar-refractivity contribution in [1.82, 2.24) is 4.90 Å². The zero-order valence-electron chi connectivity index (χ0n) is 16.1. The van der Waals surface area contributed by atoms with Crippen molar-refractivity contribution in [1.29, 1.82) is 0 Å². The molecule has 8 heteroatoms. The van der Waals surface area contributed by atoms with E-state index >= 15 is 0 Å². The Morgan fingerprint density at radius 2 is 2.03 bits per heavy atom. The molecule has 0 aromatic heterocycles. The van der Waals surface area contributed by atoms with E-state index in [0.717, 1.165) is 6.42 Å². The number of hydrogen-bond acceptors (Lipinski definition) is 5. The van der Waals surface area contributed by atoms with Gasteiger partial charge >= 0.3 is 0 Å². The number of likely N-dealkylation sites (N-methyl/N-ethyl adjacent to an activating group) is 1. The average Bonchev–Trinajstić information content (AvgIpc) is 2.97. The predicted octanol–water partition coefficient (Wildman–Crippen LogP) is 4.64. The van der Waals surface area contributed by atoms with Gasteiger partial charge in [-0.05, 0) is 36.3 Å². The van der Waals surface area contributed by atoms with Gasteiger partial charge in [0.05, 0.1) is 29.2 Å². The molecule has 0 unspecified atom stereocenters. The molecular formula is C21H21ClN2O5. The van der Waals surface area contributed by atoms with Gasteiger partial charge in [0.25, 0.3) is 5.69 Å². The lowest BCUT2D eigenvalue weighted by atomic mass is 10.1. The summed E-state index contributed by atoms with van der Waals surface area (Å²) < 4.78 is 11.3. The first kappa shape index (κ1) is 20.7. The maximum absolute atomic E-state index is 12.6. The molecule has 152 valence electrons. The number of halogens is 1. The second-order valence-electron chi connectivity index (χ2n) is 6.69. The lowest BCUT2D eigenvalue weighted by Crippen LogP contribution is -2.28. The average molecular weight is 417 g/mol. The third-order valence-electron chi connectivity index (χ3n) is 4.73. The standard InChI is InChI=1S/C21H21ClN2O5/c1-14(16-5-3-6-17(13-16)24(26)27)23(2)20(25)8-7-15-11-18(22)21-19(12-15)28-9-4-10-29-21/h3,5-8,11-14H,4,9-10H2,1-2H3/b8-7+/t14-/m1/s1. The van der Waals surface area contributed by atoms with Crippen LogP contribution in [0, 0.1) is 10.1 Å². The first-order chi connectivity index (χ1) is 13.9. The fourth-order valence-corrected chi connectivity index (χ4v) is 3.22. The molecule has 0 fully saturated rings. The third kappa shape index (κ3) is 4.86. The van der Waals surface area contributed by atoms with Crippen molar-refractivity contribution in [2.24, 2.45) is 0 Å². The molecule has 2 aromatic carbocycles. The van der Waals surface area contributed by atoms with Gasteiger partial charge in [-0.3, -0.25) is 14.9 Å². The summed E-state index contributed by atoms with van der Waals surface area (Å²) in [5, 5.41) is 11.4. The van der Waals surface area contributed by atoms with Crippen LogP contribution in [0.15, 0.2) is 42.5 Å². The summed E-state index contributed by atoms with van der Waals surface area (Å²) in [6.45, 7) is 2.90. The van der Waals surface area contributed by atoms with Crippen molar-refractivity contribution in [3.8, 4) is 11.5 Å². The van der Waals surface area contributed by atoms with E-state index in [1.807, 2.05) is 6.92 Å². The van der Waals surface area contributed by atoms with Crippen LogP contribution in [-0.2, 0) is 4.79 Å². The first-order valence-corrected chi connectivity index (χ1v) is 9.53. The lowest BCUT2D eigenvalue weighted by molar-refractivity contribution is -0.384. The molecule has 0 saturated carbocycles. The number of hydrogen-bond donors (Lipinski definition) is 0. The number of benzene rings is 2. The Morgan fingerprint density at radius 1 is 1.28 bits per heavy atom. The largest absolute Gasteiger partial charge is 0.489 e. The number of nitro groups is 1. The number of carbonyl (C=O) groups is 1. The van der Waals surface area contributed by atoms with E-state index in [-0.39, 0.29) is 17.6 Å². The number of carbonyl (C=O) groups excluding carboxylic acids is 1. The summed E-state index contributed by atoms with van der Waals surface area (Å²) in [5.41, 5.74) is 1.39. The molecule has 0 saturated heterocycles. The molecule has 1 aliphatic rings. The highest BCUT2D eigenvalue weighted by molar-refractivity contribution is 6.32. The molecule has 3 rings (SSSR count). The third-order valence-corrected chi connectivity index (χ3v) is 5.02. The first-order valence-electron chi connectivity index (χ1n) is 9.15. The summed E-state index contributed by atoms with van der Waals surface area (Å²) in [5.74, 6) is 0.830. The van der Waals surface area contributed by atoms with Crippen molar-refractivity contribution in [3.63, 3.8) is 0 Å². The molecular weight excluding hydrogens is 396 g/mol. The van der Waals surface area contributed by atoms with Crippen LogP contribution in [0.25, 0.3) is 6.08 Å². The molecule has 1 atom stereocenters. The van der Waals surface area contributed by atoms with E-state index < -0.39 is 4.92 Å². The van der Waals surface area contributed by atoms with E-state index in [4.69, 9.17) is 21.1 Å². The summed E-state index contributed by atoms with van der Waals surface area (Å²) in [6, 6.07) is 9.42. The van der Waals surface area contributed by atoms with Gasteiger partial charge in [-0.2, -0.15) is 0 Å². The second-order valence-corrected chi connectivity index (χ2v) is 7.10. The number of non-ortho nitro benzene ring substituents is 1. The Bertz CT molecular complexity index is 960. The van der Waals surface area contributed by atoms with E-state index in [1.165, 1.54) is 23.1 Å². The summed E-state index contributed by atoms with van der Waals surface area (Å²) in [4.78, 5) is 24.6. The van der Waals surface area contributed by atoms with E-state index in [2.05, 4.69) is 0 Å². The van der Waals surface area contributed by atoms with Gasteiger partial charge in [0.15, 0.2) is 11.5 Å². The maximum atomic E-state index is 12.6. The van der Waals surface area contributed by atoms with Crippen molar-refractivity contribution in [2.45, 2.75) is 19.4 Å². The molecule has 0 aliphatic carbocycles. The Balaban J connectivity index is 1.75. The summed E-state index contributed by atoms with van der Waals surface area (Å²) in [6.07, 6.45) is 3.86. The normalized spacial score (nSPS) is 14.3. The Morgan fingerprint density at radius 3 is 2.79 bits per heavy atom. The number of nitrogens with zero attached hydrogens (tertiary/aromatic N) is 2. The molecule has 0 bridgehead atoms.